The van der Waals surface area contributed by atoms with E-state index in [9.17, 15) is 0 Å². The number of nitrogens with two attached hydrogens (primary N) is 2. The molecule has 0 bridgehead atoms. The molecular weight excluding hydrogens is 272 g/mol. The fraction of sp³-hybridized carbons (Fsp3) is 0. The first-order valence-electron chi connectivity index (χ1n) is 6.91. The van der Waals surface area contributed by atoms with Crippen molar-refractivity contribution in [2.45, 2.75) is 0 Å². The van der Waals surface area contributed by atoms with Crippen molar-refractivity contribution in [3.63, 3.8) is 0 Å². The third-order valence-electron chi connectivity index (χ3n) is 3.33. The summed E-state index contributed by atoms with van der Waals surface area (Å²) < 4.78 is 0. The number of fused-ring (bicyclic) bond motifs is 2. The molecule has 108 valence electrons. The van der Waals surface area contributed by atoms with Crippen LogP contribution in [0, 0.1) is 0 Å². The summed E-state index contributed by atoms with van der Waals surface area (Å²) in [5.74, 6) is 0. The molecule has 0 amide bonds. The molecule has 0 saturated carbocycles. The van der Waals surface area contributed by atoms with Gasteiger partial charge in [-0.1, -0.05) is 12.1 Å². The lowest BCUT2D eigenvalue weighted by molar-refractivity contribution is 1.36. The van der Waals surface area contributed by atoms with Crippen molar-refractivity contribution in [3.05, 3.63) is 73.3 Å². The first kappa shape index (κ1) is 13.8. The number of pyridine rings is 2. The molecule has 0 spiro atoms. The third-order valence-corrected chi connectivity index (χ3v) is 3.33. The van der Waals surface area contributed by atoms with Crippen LogP contribution in [0.3, 0.4) is 0 Å². The highest BCUT2D eigenvalue weighted by atomic mass is 14.6. The Morgan fingerprint density at radius 2 is 1.00 bits per heavy atom. The van der Waals surface area contributed by atoms with Gasteiger partial charge in [0, 0.05) is 46.9 Å². The van der Waals surface area contributed by atoms with E-state index >= 15 is 0 Å². The second-order valence-corrected chi connectivity index (χ2v) is 4.96. The highest BCUT2D eigenvalue weighted by Crippen LogP contribution is 2.15. The van der Waals surface area contributed by atoms with Gasteiger partial charge in [-0.15, -0.1) is 0 Å². The summed E-state index contributed by atoms with van der Waals surface area (Å²) in [6.45, 7) is 0. The molecule has 2 heterocycles. The minimum atomic E-state index is 0.795. The predicted octanol–water partition coefficient (Wildman–Crippen LogP) is 3.63. The van der Waals surface area contributed by atoms with Gasteiger partial charge in [-0.2, -0.15) is 0 Å². The van der Waals surface area contributed by atoms with E-state index in [1.165, 1.54) is 0 Å². The normalized spacial score (nSPS) is 10.2. The van der Waals surface area contributed by atoms with E-state index in [-0.39, 0.29) is 0 Å². The summed E-state index contributed by atoms with van der Waals surface area (Å²) in [6, 6.07) is 15.5. The van der Waals surface area contributed by atoms with Gasteiger partial charge in [-0.05, 0) is 47.2 Å². The molecule has 4 N–H and O–H groups in total. The second-order valence-electron chi connectivity index (χ2n) is 4.96. The van der Waals surface area contributed by atoms with Gasteiger partial charge in [-0.25, -0.2) is 0 Å². The van der Waals surface area contributed by atoms with Crippen LogP contribution in [0.4, 0.5) is 11.4 Å². The van der Waals surface area contributed by atoms with Gasteiger partial charge in [0.2, 0.25) is 0 Å². The molecule has 4 rings (SSSR count). The largest absolute Gasteiger partial charge is 0.399 e. The van der Waals surface area contributed by atoms with Gasteiger partial charge in [0.05, 0.1) is 0 Å². The van der Waals surface area contributed by atoms with Gasteiger partial charge in [0.15, 0.2) is 0 Å². The molecule has 0 atom stereocenters. The summed E-state index contributed by atoms with van der Waals surface area (Å²) in [7, 11) is 0. The Kier molecular flexibility index (Phi) is 3.83. The molecule has 22 heavy (non-hydrogen) atoms. The number of rotatable bonds is 0. The Labute approximate surface area is 128 Å². The standard InChI is InChI=1S/2C9H8N2/c2*10-9-2-1-8-6-11-4-3-7(8)5-9/h2*1-6H,10H2. The van der Waals surface area contributed by atoms with E-state index in [0.717, 1.165) is 32.9 Å². The van der Waals surface area contributed by atoms with Crippen LogP contribution in [0.1, 0.15) is 0 Å². The lowest BCUT2D eigenvalue weighted by Crippen LogP contribution is -1.83. The van der Waals surface area contributed by atoms with Crippen molar-refractivity contribution in [2.75, 3.05) is 11.5 Å². The molecule has 4 heteroatoms. The summed E-state index contributed by atoms with van der Waals surface area (Å²) in [5, 5.41) is 4.53. The molecule has 0 fully saturated rings. The highest BCUT2D eigenvalue weighted by molar-refractivity contribution is 5.84. The number of aromatic nitrogens is 2. The molecule has 2 aromatic carbocycles. The molecule has 0 radical (unpaired) electrons. The Balaban J connectivity index is 0.000000131. The number of hydrogen-bond acceptors (Lipinski definition) is 4. The van der Waals surface area contributed by atoms with Crippen LogP contribution in [0.5, 0.6) is 0 Å². The van der Waals surface area contributed by atoms with Crippen molar-refractivity contribution in [3.8, 4) is 0 Å². The van der Waals surface area contributed by atoms with Gasteiger partial charge >= 0.3 is 0 Å². The van der Waals surface area contributed by atoms with Crippen LogP contribution in [-0.4, -0.2) is 9.97 Å². The molecule has 0 aliphatic rings. The van der Waals surface area contributed by atoms with E-state index in [0.29, 0.717) is 0 Å². The number of nitrogen functional groups attached to an aromatic ring is 2. The fourth-order valence-corrected chi connectivity index (χ4v) is 2.20. The van der Waals surface area contributed by atoms with Crippen LogP contribution in [0.2, 0.25) is 0 Å². The third kappa shape index (κ3) is 3.12. The molecule has 0 saturated heterocycles. The van der Waals surface area contributed by atoms with Gasteiger partial charge in [0.1, 0.15) is 0 Å². The first-order chi connectivity index (χ1) is 10.7. The Hall–Kier alpha value is -3.14. The van der Waals surface area contributed by atoms with Crippen LogP contribution in [-0.2, 0) is 0 Å². The SMILES string of the molecule is Nc1ccc2cnccc2c1.Nc1ccc2cnccc2c1. The van der Waals surface area contributed by atoms with E-state index in [2.05, 4.69) is 9.97 Å². The molecule has 0 aliphatic heterocycles. The second kappa shape index (κ2) is 6.10. The van der Waals surface area contributed by atoms with Crippen molar-refractivity contribution in [1.82, 2.24) is 9.97 Å². The highest BCUT2D eigenvalue weighted by Gasteiger charge is 1.91. The van der Waals surface area contributed by atoms with Crippen molar-refractivity contribution >= 4 is 32.9 Å². The molecular formula is C18H16N4. The number of nitrogens with zero attached hydrogens (tertiary/aromatic N) is 2. The predicted molar refractivity (Wildman–Crippen MR) is 92.3 cm³/mol. The van der Waals surface area contributed by atoms with Crippen LogP contribution >= 0.6 is 0 Å². The zero-order chi connectivity index (χ0) is 15.4. The van der Waals surface area contributed by atoms with Crippen molar-refractivity contribution in [2.24, 2.45) is 0 Å². The van der Waals surface area contributed by atoms with Crippen LogP contribution in [0.15, 0.2) is 73.3 Å². The van der Waals surface area contributed by atoms with Gasteiger partial charge in [0.25, 0.3) is 0 Å². The average Bonchev–Trinajstić information content (AvgIpc) is 2.55. The maximum atomic E-state index is 5.60. The van der Waals surface area contributed by atoms with E-state index in [4.69, 9.17) is 11.5 Å². The number of benzene rings is 2. The van der Waals surface area contributed by atoms with Crippen molar-refractivity contribution < 1.29 is 0 Å². The lowest BCUT2D eigenvalue weighted by Gasteiger charge is -1.96. The Morgan fingerprint density at radius 1 is 0.545 bits per heavy atom. The Morgan fingerprint density at radius 3 is 1.45 bits per heavy atom. The topological polar surface area (TPSA) is 77.8 Å². The van der Waals surface area contributed by atoms with E-state index in [1.807, 2.05) is 60.9 Å². The smallest absolute Gasteiger partial charge is 0.0346 e. The van der Waals surface area contributed by atoms with E-state index < -0.39 is 0 Å². The summed E-state index contributed by atoms with van der Waals surface area (Å²) in [5.41, 5.74) is 12.8. The zero-order valence-electron chi connectivity index (χ0n) is 12.0. The number of anilines is 2. The van der Waals surface area contributed by atoms with Crippen LogP contribution in [0.25, 0.3) is 21.5 Å². The number of hydrogen-bond donors (Lipinski definition) is 2. The molecule has 0 unspecified atom stereocenters. The minimum Gasteiger partial charge on any atom is -0.399 e. The molecule has 0 aliphatic carbocycles. The van der Waals surface area contributed by atoms with Gasteiger partial charge < -0.3 is 11.5 Å². The molecule has 2 aromatic heterocycles. The lowest BCUT2D eigenvalue weighted by atomic mass is 10.2. The summed E-state index contributed by atoms with van der Waals surface area (Å²) >= 11 is 0. The molecule has 4 aromatic rings. The first-order valence-corrected chi connectivity index (χ1v) is 6.91. The summed E-state index contributed by atoms with van der Waals surface area (Å²) in [6.07, 6.45) is 7.19. The maximum Gasteiger partial charge on any atom is 0.0346 e. The summed E-state index contributed by atoms with van der Waals surface area (Å²) in [4.78, 5) is 8.00. The fourth-order valence-electron chi connectivity index (χ4n) is 2.20. The maximum absolute atomic E-state index is 5.60. The quantitative estimate of drug-likeness (QED) is 0.484. The van der Waals surface area contributed by atoms with Crippen molar-refractivity contribution in [1.29, 1.82) is 0 Å². The van der Waals surface area contributed by atoms with E-state index in [1.54, 1.807) is 12.4 Å². The average molecular weight is 288 g/mol. The van der Waals surface area contributed by atoms with Gasteiger partial charge in [-0.3, -0.25) is 9.97 Å². The zero-order valence-corrected chi connectivity index (χ0v) is 12.0. The monoisotopic (exact) mass is 288 g/mol. The molecule has 4 nitrogen and oxygen atoms in total. The minimum absolute atomic E-state index is 0.795. The Bertz CT molecular complexity index is 841. The van der Waals surface area contributed by atoms with Crippen LogP contribution < -0.4 is 11.5 Å².